The Morgan fingerprint density at radius 3 is 2.00 bits per heavy atom. The van der Waals surface area contributed by atoms with Crippen molar-refractivity contribution < 1.29 is 9.47 Å². The third-order valence-corrected chi connectivity index (χ3v) is 5.41. The largest absolute Gasteiger partial charge is 0.493 e. The van der Waals surface area contributed by atoms with Crippen LogP contribution in [0.5, 0.6) is 11.5 Å². The molecule has 0 spiro atoms. The Labute approximate surface area is 175 Å². The molecule has 0 saturated carbocycles. The van der Waals surface area contributed by atoms with Crippen molar-refractivity contribution in [1.29, 1.82) is 0 Å². The molecule has 28 heavy (non-hydrogen) atoms. The second kappa shape index (κ2) is 11.9. The molecule has 2 aromatic carbocycles. The zero-order valence-corrected chi connectivity index (χ0v) is 17.9. The van der Waals surface area contributed by atoms with Gasteiger partial charge in [-0.25, -0.2) is 0 Å². The van der Waals surface area contributed by atoms with Crippen molar-refractivity contribution in [2.24, 2.45) is 0 Å². The van der Waals surface area contributed by atoms with E-state index in [1.165, 1.54) is 56.7 Å². The third-order valence-electron chi connectivity index (χ3n) is 5.41. The van der Waals surface area contributed by atoms with Gasteiger partial charge in [-0.15, -0.1) is 12.4 Å². The van der Waals surface area contributed by atoms with Gasteiger partial charge in [0.15, 0.2) is 11.5 Å². The van der Waals surface area contributed by atoms with Crippen molar-refractivity contribution >= 4 is 12.4 Å². The first-order chi connectivity index (χ1) is 13.3. The Kier molecular flexibility index (Phi) is 9.62. The number of ether oxygens (including phenoxy) is 2. The van der Waals surface area contributed by atoms with E-state index in [1.807, 2.05) is 6.07 Å². The van der Waals surface area contributed by atoms with Gasteiger partial charge in [0.1, 0.15) is 0 Å². The highest BCUT2D eigenvalue weighted by Crippen LogP contribution is 2.27. The lowest BCUT2D eigenvalue weighted by molar-refractivity contribution is 0.132. The van der Waals surface area contributed by atoms with E-state index in [-0.39, 0.29) is 12.4 Å². The lowest BCUT2D eigenvalue weighted by atomic mass is 10.1. The summed E-state index contributed by atoms with van der Waals surface area (Å²) >= 11 is 0. The van der Waals surface area contributed by atoms with Gasteiger partial charge in [0.05, 0.1) is 14.2 Å². The van der Waals surface area contributed by atoms with Crippen LogP contribution >= 0.6 is 12.4 Å². The van der Waals surface area contributed by atoms with E-state index >= 15 is 0 Å². The number of piperazine rings is 1. The Bertz CT molecular complexity index is 688. The summed E-state index contributed by atoms with van der Waals surface area (Å²) in [7, 11) is 3.37. The summed E-state index contributed by atoms with van der Waals surface area (Å²) in [6.07, 6.45) is 3.48. The summed E-state index contributed by atoms with van der Waals surface area (Å²) in [6, 6.07) is 17.0. The van der Waals surface area contributed by atoms with E-state index in [9.17, 15) is 0 Å². The molecule has 1 saturated heterocycles. The normalized spacial score (nSPS) is 15.1. The highest BCUT2D eigenvalue weighted by atomic mass is 35.5. The highest BCUT2D eigenvalue weighted by Gasteiger charge is 2.16. The maximum atomic E-state index is 5.41. The molecule has 3 rings (SSSR count). The number of nitrogens with zero attached hydrogens (tertiary/aromatic N) is 2. The number of benzene rings is 2. The molecule has 154 valence electrons. The first kappa shape index (κ1) is 22.5. The van der Waals surface area contributed by atoms with Gasteiger partial charge in [-0.05, 0) is 49.1 Å². The first-order valence-corrected chi connectivity index (χ1v) is 9.98. The number of rotatable bonds is 9. The van der Waals surface area contributed by atoms with Gasteiger partial charge in [-0.2, -0.15) is 0 Å². The summed E-state index contributed by atoms with van der Waals surface area (Å²) in [5.74, 6) is 1.61. The topological polar surface area (TPSA) is 24.9 Å². The number of hydrogen-bond donors (Lipinski definition) is 0. The molecule has 5 heteroatoms. The molecule has 0 amide bonds. The predicted octanol–water partition coefficient (Wildman–Crippen LogP) is 3.92. The van der Waals surface area contributed by atoms with E-state index in [0.29, 0.717) is 0 Å². The van der Waals surface area contributed by atoms with Crippen LogP contribution in [0.4, 0.5) is 0 Å². The summed E-state index contributed by atoms with van der Waals surface area (Å²) in [4.78, 5) is 5.18. The Morgan fingerprint density at radius 2 is 1.36 bits per heavy atom. The summed E-state index contributed by atoms with van der Waals surface area (Å²) in [5, 5.41) is 0. The molecule has 1 heterocycles. The monoisotopic (exact) mass is 403 g/mol. The molecule has 0 bridgehead atoms. The number of halogens is 1. The van der Waals surface area contributed by atoms with Crippen molar-refractivity contribution in [3.8, 4) is 11.5 Å². The number of aryl methyl sites for hydroxylation is 1. The Balaban J connectivity index is 0.00000280. The summed E-state index contributed by atoms with van der Waals surface area (Å²) in [5.41, 5.74) is 2.75. The highest BCUT2D eigenvalue weighted by molar-refractivity contribution is 5.85. The number of methoxy groups -OCH3 is 2. The van der Waals surface area contributed by atoms with Crippen molar-refractivity contribution in [1.82, 2.24) is 9.80 Å². The SMILES string of the molecule is COc1cc(CCN2CCN(CCCc3ccccc3)CC2)ccc1O[11CH3].Cl. The summed E-state index contributed by atoms with van der Waals surface area (Å²) in [6.45, 7) is 7.00. The van der Waals surface area contributed by atoms with Crippen molar-refractivity contribution in [2.75, 3.05) is 53.5 Å². The van der Waals surface area contributed by atoms with Crippen molar-refractivity contribution in [3.05, 3.63) is 59.7 Å². The van der Waals surface area contributed by atoms with Crippen molar-refractivity contribution in [2.45, 2.75) is 19.3 Å². The van der Waals surface area contributed by atoms with Gasteiger partial charge >= 0.3 is 0 Å². The minimum absolute atomic E-state index is 0. The molecule has 4 nitrogen and oxygen atoms in total. The molecular weight excluding hydrogens is 371 g/mol. The maximum Gasteiger partial charge on any atom is 0.160 e. The Morgan fingerprint density at radius 1 is 0.714 bits per heavy atom. The number of hydrogen-bond acceptors (Lipinski definition) is 4. The smallest absolute Gasteiger partial charge is 0.160 e. The maximum absolute atomic E-state index is 5.41. The predicted molar refractivity (Wildman–Crippen MR) is 118 cm³/mol. The molecular formula is C23H33ClN2O2. The van der Waals surface area contributed by atoms with Crippen LogP contribution in [-0.4, -0.2) is 63.3 Å². The van der Waals surface area contributed by atoms with Crippen LogP contribution < -0.4 is 9.47 Å². The molecule has 2 aromatic rings. The van der Waals surface area contributed by atoms with Crippen LogP contribution in [0.15, 0.2) is 48.5 Å². The average molecular weight is 404 g/mol. The van der Waals surface area contributed by atoms with Crippen LogP contribution in [0.3, 0.4) is 0 Å². The minimum atomic E-state index is 0. The molecule has 1 aliphatic rings. The lowest BCUT2D eigenvalue weighted by Crippen LogP contribution is -2.47. The molecule has 0 atom stereocenters. The van der Waals surface area contributed by atoms with Gasteiger partial charge in [0.25, 0.3) is 0 Å². The molecule has 1 fully saturated rings. The van der Waals surface area contributed by atoms with E-state index < -0.39 is 0 Å². The van der Waals surface area contributed by atoms with E-state index in [0.717, 1.165) is 24.5 Å². The fourth-order valence-corrected chi connectivity index (χ4v) is 3.71. The Hall–Kier alpha value is -1.75. The fraction of sp³-hybridized carbons (Fsp3) is 0.478. The zero-order valence-electron chi connectivity index (χ0n) is 17.1. The first-order valence-electron chi connectivity index (χ1n) is 9.98. The summed E-state index contributed by atoms with van der Waals surface area (Å²) < 4.78 is 10.7. The fourth-order valence-electron chi connectivity index (χ4n) is 3.71. The third kappa shape index (κ3) is 6.69. The van der Waals surface area contributed by atoms with Crippen LogP contribution in [0.1, 0.15) is 17.5 Å². The zero-order chi connectivity index (χ0) is 18.9. The van der Waals surface area contributed by atoms with Crippen molar-refractivity contribution in [3.63, 3.8) is 0 Å². The molecule has 0 aromatic heterocycles. The second-order valence-corrected chi connectivity index (χ2v) is 7.21. The van der Waals surface area contributed by atoms with E-state index in [2.05, 4.69) is 52.3 Å². The van der Waals surface area contributed by atoms with Gasteiger partial charge in [-0.3, -0.25) is 0 Å². The van der Waals surface area contributed by atoms with Crippen LogP contribution in [0.2, 0.25) is 0 Å². The van der Waals surface area contributed by atoms with Gasteiger partial charge in [0, 0.05) is 32.7 Å². The average Bonchev–Trinajstić information content (AvgIpc) is 2.73. The second-order valence-electron chi connectivity index (χ2n) is 7.21. The molecule has 0 unspecified atom stereocenters. The van der Waals surface area contributed by atoms with E-state index in [1.54, 1.807) is 14.2 Å². The molecule has 0 radical (unpaired) electrons. The quantitative estimate of drug-likeness (QED) is 0.633. The lowest BCUT2D eigenvalue weighted by Gasteiger charge is -2.34. The standard InChI is InChI=1S/C23H32N2O2.ClH/c1-26-22-11-10-21(19-23(22)27-2)12-14-25-17-15-24(16-18-25)13-6-9-20-7-4-3-5-8-20;/h3-5,7-8,10-11,19H,6,9,12-18H2,1-2H3;1H/i1-1;. The van der Waals surface area contributed by atoms with Crippen LogP contribution in [0, 0.1) is 0 Å². The van der Waals surface area contributed by atoms with Crippen LogP contribution in [-0.2, 0) is 12.8 Å². The minimum Gasteiger partial charge on any atom is -0.493 e. The molecule has 1 aliphatic heterocycles. The molecule has 0 N–H and O–H groups in total. The van der Waals surface area contributed by atoms with Gasteiger partial charge in [-0.1, -0.05) is 36.4 Å². The molecule has 0 aliphatic carbocycles. The van der Waals surface area contributed by atoms with E-state index in [4.69, 9.17) is 9.47 Å². The van der Waals surface area contributed by atoms with Crippen LogP contribution in [0.25, 0.3) is 0 Å². The van der Waals surface area contributed by atoms with Gasteiger partial charge in [0.2, 0.25) is 0 Å². The van der Waals surface area contributed by atoms with Gasteiger partial charge < -0.3 is 19.3 Å².